The Bertz CT molecular complexity index is 1390. The first kappa shape index (κ1) is 24.3. The van der Waals surface area contributed by atoms with E-state index < -0.39 is 35.3 Å². The second-order valence-electron chi connectivity index (χ2n) is 7.32. The van der Waals surface area contributed by atoms with Gasteiger partial charge in [0.05, 0.1) is 35.0 Å². The monoisotopic (exact) mass is 496 g/mol. The van der Waals surface area contributed by atoms with E-state index in [-0.39, 0.29) is 22.5 Å². The molecule has 0 aliphatic heterocycles. The zero-order valence-electron chi connectivity index (χ0n) is 18.2. The Balaban J connectivity index is 1.56. The van der Waals surface area contributed by atoms with Crippen LogP contribution in [0.1, 0.15) is 20.7 Å². The molecule has 182 valence electrons. The van der Waals surface area contributed by atoms with E-state index in [1.165, 1.54) is 48.9 Å². The van der Waals surface area contributed by atoms with Crippen molar-refractivity contribution in [1.29, 1.82) is 0 Å². The number of ether oxygens (including phenoxy) is 1. The average Bonchev–Trinajstić information content (AvgIpc) is 2.85. The average molecular weight is 496 g/mol. The molecule has 0 aliphatic carbocycles. The van der Waals surface area contributed by atoms with Crippen LogP contribution in [0.2, 0.25) is 0 Å². The van der Waals surface area contributed by atoms with Gasteiger partial charge < -0.3 is 15.4 Å². The number of hydrogen-bond acceptors (Lipinski definition) is 5. The first-order chi connectivity index (χ1) is 17.2. The van der Waals surface area contributed by atoms with Gasteiger partial charge in [0.1, 0.15) is 11.6 Å². The van der Waals surface area contributed by atoms with Gasteiger partial charge in [0.15, 0.2) is 0 Å². The Hall–Kier alpha value is -4.80. The van der Waals surface area contributed by atoms with Gasteiger partial charge in [-0.15, -0.1) is 13.2 Å². The van der Waals surface area contributed by atoms with Gasteiger partial charge in [-0.25, -0.2) is 4.39 Å². The van der Waals surface area contributed by atoms with Crippen LogP contribution in [0, 0.1) is 5.82 Å². The summed E-state index contributed by atoms with van der Waals surface area (Å²) in [6.45, 7) is 0. The lowest BCUT2D eigenvalue weighted by Crippen LogP contribution is -2.22. The molecule has 0 saturated carbocycles. The summed E-state index contributed by atoms with van der Waals surface area (Å²) in [5.74, 6) is -2.89. The van der Waals surface area contributed by atoms with E-state index in [0.717, 1.165) is 18.2 Å². The highest BCUT2D eigenvalue weighted by molar-refractivity contribution is 6.10. The predicted molar refractivity (Wildman–Crippen MR) is 123 cm³/mol. The summed E-state index contributed by atoms with van der Waals surface area (Å²) in [4.78, 5) is 33.4. The summed E-state index contributed by atoms with van der Waals surface area (Å²) in [6.07, 6.45) is -0.997. The topological polar surface area (TPSA) is 93.2 Å². The molecule has 0 unspecified atom stereocenters. The minimum Gasteiger partial charge on any atom is -0.405 e. The van der Waals surface area contributed by atoms with Crippen molar-refractivity contribution in [2.24, 2.45) is 0 Å². The Labute approximate surface area is 201 Å². The molecular weight excluding hydrogens is 480 g/mol. The number of benzene rings is 2. The standard InChI is InChI=1S/C25H16F4N4O3/c26-20-6-2-1-5-18(20)21-9-8-17(14-31-21)32-23(34)15-7-10-22(36-25(27,28)29)19(12-15)24(35)33-16-4-3-11-30-13-16/h1-14H,(H,32,34)(H,33,35). The molecule has 2 heterocycles. The third-order valence-electron chi connectivity index (χ3n) is 4.80. The van der Waals surface area contributed by atoms with Crippen LogP contribution < -0.4 is 15.4 Å². The molecule has 0 bridgehead atoms. The second-order valence-corrected chi connectivity index (χ2v) is 7.32. The number of hydrogen-bond donors (Lipinski definition) is 2. The van der Waals surface area contributed by atoms with Crippen LogP contribution in [0.15, 0.2) is 85.3 Å². The van der Waals surface area contributed by atoms with Crippen LogP contribution in [0.3, 0.4) is 0 Å². The molecule has 0 atom stereocenters. The molecule has 2 amide bonds. The minimum atomic E-state index is -5.06. The smallest absolute Gasteiger partial charge is 0.405 e. The number of anilines is 2. The molecule has 4 rings (SSSR count). The van der Waals surface area contributed by atoms with Crippen molar-refractivity contribution in [2.45, 2.75) is 6.36 Å². The van der Waals surface area contributed by atoms with Crippen molar-refractivity contribution in [3.8, 4) is 17.0 Å². The van der Waals surface area contributed by atoms with Gasteiger partial charge in [0.2, 0.25) is 0 Å². The molecule has 2 aromatic heterocycles. The summed E-state index contributed by atoms with van der Waals surface area (Å²) < 4.78 is 56.5. The molecule has 0 saturated heterocycles. The lowest BCUT2D eigenvalue weighted by Gasteiger charge is -2.14. The van der Waals surface area contributed by atoms with E-state index in [0.29, 0.717) is 5.69 Å². The zero-order chi connectivity index (χ0) is 25.7. The lowest BCUT2D eigenvalue weighted by molar-refractivity contribution is -0.274. The molecule has 0 radical (unpaired) electrons. The molecule has 36 heavy (non-hydrogen) atoms. The van der Waals surface area contributed by atoms with Crippen molar-refractivity contribution in [2.75, 3.05) is 10.6 Å². The van der Waals surface area contributed by atoms with Gasteiger partial charge in [-0.1, -0.05) is 12.1 Å². The number of amides is 2. The summed E-state index contributed by atoms with van der Waals surface area (Å²) in [6, 6.07) is 15.0. The number of aromatic nitrogens is 2. The highest BCUT2D eigenvalue weighted by Gasteiger charge is 2.33. The van der Waals surface area contributed by atoms with Crippen molar-refractivity contribution in [3.05, 3.63) is 102 Å². The lowest BCUT2D eigenvalue weighted by atomic mass is 10.1. The first-order valence-electron chi connectivity index (χ1n) is 10.3. The number of carbonyl (C=O) groups excluding carboxylic acids is 2. The van der Waals surface area contributed by atoms with Crippen LogP contribution >= 0.6 is 0 Å². The maximum Gasteiger partial charge on any atom is 0.573 e. The molecule has 2 N–H and O–H groups in total. The molecule has 4 aromatic rings. The fourth-order valence-electron chi connectivity index (χ4n) is 3.20. The van der Waals surface area contributed by atoms with Crippen LogP contribution in [0.4, 0.5) is 28.9 Å². The van der Waals surface area contributed by atoms with Gasteiger partial charge >= 0.3 is 6.36 Å². The van der Waals surface area contributed by atoms with Crippen molar-refractivity contribution in [3.63, 3.8) is 0 Å². The number of rotatable bonds is 6. The number of nitrogens with zero attached hydrogens (tertiary/aromatic N) is 2. The minimum absolute atomic E-state index is 0.112. The Kier molecular flexibility index (Phi) is 6.91. The quantitative estimate of drug-likeness (QED) is 0.335. The molecule has 2 aromatic carbocycles. The Morgan fingerprint density at radius 3 is 2.25 bits per heavy atom. The van der Waals surface area contributed by atoms with Crippen molar-refractivity contribution in [1.82, 2.24) is 9.97 Å². The Morgan fingerprint density at radius 1 is 0.833 bits per heavy atom. The van der Waals surface area contributed by atoms with Crippen LogP contribution in [-0.4, -0.2) is 28.1 Å². The van der Waals surface area contributed by atoms with Gasteiger partial charge in [0, 0.05) is 17.3 Å². The van der Waals surface area contributed by atoms with Crippen LogP contribution in [0.25, 0.3) is 11.3 Å². The van der Waals surface area contributed by atoms with Crippen molar-refractivity contribution < 1.29 is 31.9 Å². The number of nitrogens with one attached hydrogen (secondary N) is 2. The maximum atomic E-state index is 14.0. The van der Waals surface area contributed by atoms with Gasteiger partial charge in [-0.2, -0.15) is 0 Å². The van der Waals surface area contributed by atoms with E-state index in [1.807, 2.05) is 0 Å². The highest BCUT2D eigenvalue weighted by atomic mass is 19.4. The van der Waals surface area contributed by atoms with Gasteiger partial charge in [0.25, 0.3) is 11.8 Å². The van der Waals surface area contributed by atoms with Gasteiger partial charge in [-0.3, -0.25) is 19.6 Å². The van der Waals surface area contributed by atoms with Crippen LogP contribution in [-0.2, 0) is 0 Å². The van der Waals surface area contributed by atoms with Crippen molar-refractivity contribution >= 4 is 23.2 Å². The summed E-state index contributed by atoms with van der Waals surface area (Å²) in [7, 11) is 0. The highest BCUT2D eigenvalue weighted by Crippen LogP contribution is 2.29. The third kappa shape index (κ3) is 6.00. The normalized spacial score (nSPS) is 11.0. The summed E-state index contributed by atoms with van der Waals surface area (Å²) >= 11 is 0. The SMILES string of the molecule is O=C(Nc1ccc(-c2ccccc2F)nc1)c1ccc(OC(F)(F)F)c(C(=O)Nc2cccnc2)c1. The van der Waals surface area contributed by atoms with E-state index >= 15 is 0 Å². The van der Waals surface area contributed by atoms with E-state index in [1.54, 1.807) is 18.2 Å². The number of carbonyl (C=O) groups is 2. The van der Waals surface area contributed by atoms with Crippen LogP contribution in [0.5, 0.6) is 5.75 Å². The van der Waals surface area contributed by atoms with E-state index in [4.69, 9.17) is 0 Å². The molecular formula is C25H16F4N4O3. The zero-order valence-corrected chi connectivity index (χ0v) is 18.2. The number of halogens is 4. The first-order valence-corrected chi connectivity index (χ1v) is 10.3. The molecule has 7 nitrogen and oxygen atoms in total. The largest absolute Gasteiger partial charge is 0.573 e. The fraction of sp³-hybridized carbons (Fsp3) is 0.0400. The number of pyridine rings is 2. The van der Waals surface area contributed by atoms with Gasteiger partial charge in [-0.05, 0) is 54.6 Å². The molecule has 0 spiro atoms. The van der Waals surface area contributed by atoms with E-state index in [2.05, 4.69) is 25.3 Å². The van der Waals surface area contributed by atoms with E-state index in [9.17, 15) is 27.2 Å². The third-order valence-corrected chi connectivity index (χ3v) is 4.80. The second kappa shape index (κ2) is 10.2. The number of alkyl halides is 3. The molecule has 0 fully saturated rings. The summed E-state index contributed by atoms with van der Waals surface area (Å²) in [5.41, 5.74) is 0.471. The molecule has 0 aliphatic rings. The summed E-state index contributed by atoms with van der Waals surface area (Å²) in [5, 5.41) is 4.94. The Morgan fingerprint density at radius 2 is 1.58 bits per heavy atom. The predicted octanol–water partition coefficient (Wildman–Crippen LogP) is 5.69. The maximum absolute atomic E-state index is 14.0. The molecule has 11 heteroatoms. The fourth-order valence-corrected chi connectivity index (χ4v) is 3.20.